The van der Waals surface area contributed by atoms with Crippen LogP contribution in [0.25, 0.3) is 0 Å². The SMILES string of the molecule is CC(=O)NCC[C@@H]1Cn2cccc2C1=O. The second-order valence-corrected chi connectivity index (χ2v) is 3.88. The average molecular weight is 206 g/mol. The Hall–Kier alpha value is -1.58. The molecule has 0 aliphatic carbocycles. The number of hydrogen-bond acceptors (Lipinski definition) is 2. The summed E-state index contributed by atoms with van der Waals surface area (Å²) in [5.41, 5.74) is 0.794. The number of carbonyl (C=O) groups is 2. The minimum atomic E-state index is -0.0416. The van der Waals surface area contributed by atoms with Gasteiger partial charge >= 0.3 is 0 Å². The van der Waals surface area contributed by atoms with E-state index in [0.717, 1.165) is 18.7 Å². The normalized spacial score (nSPS) is 19.0. The highest BCUT2D eigenvalue weighted by Crippen LogP contribution is 2.22. The zero-order chi connectivity index (χ0) is 10.8. The summed E-state index contributed by atoms with van der Waals surface area (Å²) in [5.74, 6) is 0.193. The van der Waals surface area contributed by atoms with Crippen LogP contribution in [-0.4, -0.2) is 22.8 Å². The maximum atomic E-state index is 11.8. The predicted octanol–water partition coefficient (Wildman–Crippen LogP) is 0.827. The zero-order valence-electron chi connectivity index (χ0n) is 8.69. The van der Waals surface area contributed by atoms with Crippen molar-refractivity contribution in [2.24, 2.45) is 5.92 Å². The molecule has 0 spiro atoms. The second kappa shape index (κ2) is 3.88. The van der Waals surface area contributed by atoms with E-state index in [9.17, 15) is 9.59 Å². The molecule has 1 aromatic heterocycles. The van der Waals surface area contributed by atoms with Crippen LogP contribution in [0.15, 0.2) is 18.3 Å². The number of fused-ring (bicyclic) bond motifs is 1. The van der Waals surface area contributed by atoms with Gasteiger partial charge in [-0.05, 0) is 18.6 Å². The predicted molar refractivity (Wildman–Crippen MR) is 55.6 cm³/mol. The van der Waals surface area contributed by atoms with Gasteiger partial charge in [0.05, 0.1) is 5.69 Å². The van der Waals surface area contributed by atoms with Gasteiger partial charge in [-0.25, -0.2) is 0 Å². The standard InChI is InChI=1S/C11H14N2O2/c1-8(14)12-5-4-9-7-13-6-2-3-10(13)11(9)15/h2-3,6,9H,4-5,7H2,1H3,(H,12,14)/t9-/m1/s1. The van der Waals surface area contributed by atoms with Crippen molar-refractivity contribution in [3.8, 4) is 0 Å². The Kier molecular flexibility index (Phi) is 2.58. The minimum Gasteiger partial charge on any atom is -0.356 e. The fraction of sp³-hybridized carbons (Fsp3) is 0.455. The smallest absolute Gasteiger partial charge is 0.216 e. The molecule has 4 heteroatoms. The van der Waals surface area contributed by atoms with E-state index in [1.807, 2.05) is 22.9 Å². The van der Waals surface area contributed by atoms with E-state index >= 15 is 0 Å². The molecule has 1 N–H and O–H groups in total. The molecule has 15 heavy (non-hydrogen) atoms. The van der Waals surface area contributed by atoms with E-state index < -0.39 is 0 Å². The van der Waals surface area contributed by atoms with Crippen molar-refractivity contribution >= 4 is 11.7 Å². The Morgan fingerprint density at radius 3 is 3.13 bits per heavy atom. The van der Waals surface area contributed by atoms with Gasteiger partial charge in [0.25, 0.3) is 0 Å². The lowest BCUT2D eigenvalue weighted by Crippen LogP contribution is -2.24. The molecule has 0 fully saturated rings. The van der Waals surface area contributed by atoms with Gasteiger partial charge in [0.1, 0.15) is 0 Å². The molecule has 2 rings (SSSR count). The third-order valence-electron chi connectivity index (χ3n) is 2.74. The van der Waals surface area contributed by atoms with Crippen LogP contribution in [0.4, 0.5) is 0 Å². The fourth-order valence-corrected chi connectivity index (χ4v) is 1.97. The second-order valence-electron chi connectivity index (χ2n) is 3.88. The maximum Gasteiger partial charge on any atom is 0.216 e. The molecule has 1 aliphatic heterocycles. The van der Waals surface area contributed by atoms with Crippen LogP contribution >= 0.6 is 0 Å². The van der Waals surface area contributed by atoms with Gasteiger partial charge < -0.3 is 9.88 Å². The molecule has 80 valence electrons. The first-order valence-corrected chi connectivity index (χ1v) is 5.12. The van der Waals surface area contributed by atoms with Gasteiger partial charge in [-0.3, -0.25) is 9.59 Å². The summed E-state index contributed by atoms with van der Waals surface area (Å²) in [6.07, 6.45) is 2.64. The van der Waals surface area contributed by atoms with Gasteiger partial charge in [-0.2, -0.15) is 0 Å². The van der Waals surface area contributed by atoms with Gasteiger partial charge in [0.15, 0.2) is 5.78 Å². The Bertz CT molecular complexity index is 395. The first-order chi connectivity index (χ1) is 7.18. The van der Waals surface area contributed by atoms with Crippen LogP contribution in [-0.2, 0) is 11.3 Å². The number of rotatable bonds is 3. The van der Waals surface area contributed by atoms with Crippen molar-refractivity contribution in [2.45, 2.75) is 19.9 Å². The molecule has 4 nitrogen and oxygen atoms in total. The van der Waals surface area contributed by atoms with Crippen LogP contribution in [0.2, 0.25) is 0 Å². The summed E-state index contributed by atoms with van der Waals surface area (Å²) >= 11 is 0. The van der Waals surface area contributed by atoms with Crippen molar-refractivity contribution < 1.29 is 9.59 Å². The maximum absolute atomic E-state index is 11.8. The minimum absolute atomic E-state index is 0.0352. The fourth-order valence-electron chi connectivity index (χ4n) is 1.97. The molecule has 0 saturated carbocycles. The van der Waals surface area contributed by atoms with E-state index in [1.165, 1.54) is 6.92 Å². The number of Topliss-reactive ketones (excluding diaryl/α,β-unsaturated/α-hetero) is 1. The lowest BCUT2D eigenvalue weighted by Gasteiger charge is -2.07. The lowest BCUT2D eigenvalue weighted by atomic mass is 10.0. The van der Waals surface area contributed by atoms with Gasteiger partial charge in [-0.1, -0.05) is 0 Å². The number of nitrogens with zero attached hydrogens (tertiary/aromatic N) is 1. The molecule has 2 heterocycles. The van der Waals surface area contributed by atoms with Crippen LogP contribution < -0.4 is 5.32 Å². The highest BCUT2D eigenvalue weighted by atomic mass is 16.1. The Balaban J connectivity index is 1.90. The molecule has 0 bridgehead atoms. The molecule has 1 amide bonds. The van der Waals surface area contributed by atoms with Gasteiger partial charge in [0.2, 0.25) is 5.91 Å². The Labute approximate surface area is 88.3 Å². The number of amides is 1. The molecular weight excluding hydrogens is 192 g/mol. The zero-order valence-corrected chi connectivity index (χ0v) is 8.69. The first-order valence-electron chi connectivity index (χ1n) is 5.12. The number of hydrogen-bond donors (Lipinski definition) is 1. The third kappa shape index (κ3) is 1.93. The van der Waals surface area contributed by atoms with E-state index in [0.29, 0.717) is 6.54 Å². The van der Waals surface area contributed by atoms with Gasteiger partial charge in [-0.15, -0.1) is 0 Å². The summed E-state index contributed by atoms with van der Waals surface area (Å²) in [6, 6.07) is 3.73. The van der Waals surface area contributed by atoms with E-state index in [2.05, 4.69) is 5.32 Å². The summed E-state index contributed by atoms with van der Waals surface area (Å²) in [4.78, 5) is 22.5. The van der Waals surface area contributed by atoms with Crippen LogP contribution in [0.1, 0.15) is 23.8 Å². The molecule has 0 saturated heterocycles. The molecule has 0 unspecified atom stereocenters. The highest BCUT2D eigenvalue weighted by molar-refractivity contribution is 5.98. The van der Waals surface area contributed by atoms with E-state index in [1.54, 1.807) is 0 Å². The Morgan fingerprint density at radius 2 is 2.47 bits per heavy atom. The molecule has 1 atom stereocenters. The summed E-state index contributed by atoms with van der Waals surface area (Å²) in [5, 5.41) is 2.71. The topological polar surface area (TPSA) is 51.1 Å². The van der Waals surface area contributed by atoms with E-state index in [-0.39, 0.29) is 17.6 Å². The summed E-state index contributed by atoms with van der Waals surface area (Å²) in [6.45, 7) is 2.82. The van der Waals surface area contributed by atoms with Crippen molar-refractivity contribution in [1.29, 1.82) is 0 Å². The number of aromatic nitrogens is 1. The molecular formula is C11H14N2O2. The first kappa shape index (κ1) is 9.96. The number of nitrogens with one attached hydrogen (secondary N) is 1. The summed E-state index contributed by atoms with van der Waals surface area (Å²) < 4.78 is 1.97. The largest absolute Gasteiger partial charge is 0.356 e. The molecule has 1 aromatic rings. The highest BCUT2D eigenvalue weighted by Gasteiger charge is 2.29. The quantitative estimate of drug-likeness (QED) is 0.796. The molecule has 0 aromatic carbocycles. The van der Waals surface area contributed by atoms with Crippen LogP contribution in [0, 0.1) is 5.92 Å². The summed E-state index contributed by atoms with van der Waals surface area (Å²) in [7, 11) is 0. The van der Waals surface area contributed by atoms with Crippen LogP contribution in [0.3, 0.4) is 0 Å². The number of ketones is 1. The molecule has 0 radical (unpaired) electrons. The monoisotopic (exact) mass is 206 g/mol. The number of carbonyl (C=O) groups excluding carboxylic acids is 2. The average Bonchev–Trinajstić information content (AvgIpc) is 2.71. The molecule has 1 aliphatic rings. The van der Waals surface area contributed by atoms with Crippen LogP contribution in [0.5, 0.6) is 0 Å². The van der Waals surface area contributed by atoms with E-state index in [4.69, 9.17) is 0 Å². The lowest BCUT2D eigenvalue weighted by molar-refractivity contribution is -0.119. The Morgan fingerprint density at radius 1 is 1.67 bits per heavy atom. The van der Waals surface area contributed by atoms with Crippen molar-refractivity contribution in [3.05, 3.63) is 24.0 Å². The van der Waals surface area contributed by atoms with Gasteiger partial charge in [0, 0.05) is 32.1 Å². The van der Waals surface area contributed by atoms with Crippen molar-refractivity contribution in [3.63, 3.8) is 0 Å². The third-order valence-corrected chi connectivity index (χ3v) is 2.74. The van der Waals surface area contributed by atoms with Crippen molar-refractivity contribution in [1.82, 2.24) is 9.88 Å². The van der Waals surface area contributed by atoms with Crippen molar-refractivity contribution in [2.75, 3.05) is 6.54 Å².